The molecule has 0 aliphatic carbocycles. The molecule has 0 heterocycles. The SMILES string of the molecule is ClCCl.NS(N)(=O)=O. The maximum atomic E-state index is 9.19. The standard InChI is InChI=1S/CH2Cl2.H4N2O2S/c2-1-3;1-5(2,3)4/h1H2;(H4,1,2,3,4). The van der Waals surface area contributed by atoms with Crippen LogP contribution in [-0.2, 0) is 10.2 Å². The summed E-state index contributed by atoms with van der Waals surface area (Å²) in [6, 6.07) is 0. The van der Waals surface area contributed by atoms with E-state index >= 15 is 0 Å². The Hall–Kier alpha value is 0.450. The second kappa shape index (κ2) is 5.58. The molecule has 0 bridgehead atoms. The van der Waals surface area contributed by atoms with Crippen LogP contribution in [0.2, 0.25) is 0 Å². The minimum absolute atomic E-state index is 0.194. The molecule has 0 aliphatic rings. The Morgan fingerprint density at radius 3 is 1.25 bits per heavy atom. The van der Waals surface area contributed by atoms with Gasteiger partial charge in [0.05, 0.1) is 5.34 Å². The molecule has 0 aromatic rings. The van der Waals surface area contributed by atoms with Crippen molar-refractivity contribution < 1.29 is 8.42 Å². The van der Waals surface area contributed by atoms with E-state index in [1.165, 1.54) is 0 Å². The van der Waals surface area contributed by atoms with Gasteiger partial charge in [0.25, 0.3) is 10.2 Å². The number of halogens is 2. The Kier molecular flexibility index (Phi) is 7.87. The Bertz CT molecular complexity index is 112. The van der Waals surface area contributed by atoms with E-state index < -0.39 is 10.2 Å². The summed E-state index contributed by atoms with van der Waals surface area (Å²) in [6.07, 6.45) is 0. The molecule has 0 aromatic heterocycles. The van der Waals surface area contributed by atoms with Gasteiger partial charge >= 0.3 is 0 Å². The zero-order valence-corrected chi connectivity index (χ0v) is 6.17. The van der Waals surface area contributed by atoms with Crippen LogP contribution in [0.15, 0.2) is 0 Å². The molecule has 0 saturated carbocycles. The third kappa shape index (κ3) is 946. The molecule has 0 spiro atoms. The summed E-state index contributed by atoms with van der Waals surface area (Å²) in [5.74, 6) is 0. The second-order valence-electron chi connectivity index (χ2n) is 0.690. The predicted molar refractivity (Wildman–Crippen MR) is 33.9 cm³/mol. The minimum atomic E-state index is -3.67. The van der Waals surface area contributed by atoms with E-state index in [0.29, 0.717) is 0 Å². The van der Waals surface area contributed by atoms with E-state index in [-0.39, 0.29) is 5.34 Å². The quantitative estimate of drug-likeness (QED) is 0.496. The van der Waals surface area contributed by atoms with Gasteiger partial charge < -0.3 is 0 Å². The summed E-state index contributed by atoms with van der Waals surface area (Å²) >= 11 is 9.53. The second-order valence-corrected chi connectivity index (χ2v) is 2.68. The molecule has 0 saturated heterocycles. The zero-order chi connectivity index (χ0) is 7.21. The highest BCUT2D eigenvalue weighted by Crippen LogP contribution is 1.73. The fourth-order valence-electron chi connectivity index (χ4n) is 0. The van der Waals surface area contributed by atoms with Crippen molar-refractivity contribution in [2.75, 3.05) is 5.34 Å². The minimum Gasteiger partial charge on any atom is -0.216 e. The Morgan fingerprint density at radius 2 is 1.25 bits per heavy atom. The molecular formula is CH6Cl2N2O2S. The molecule has 4 N–H and O–H groups in total. The summed E-state index contributed by atoms with van der Waals surface area (Å²) in [7, 11) is -3.67. The van der Waals surface area contributed by atoms with Gasteiger partial charge in [-0.15, -0.1) is 23.2 Å². The van der Waals surface area contributed by atoms with Crippen LogP contribution < -0.4 is 10.3 Å². The lowest BCUT2D eigenvalue weighted by atomic mass is 11.9. The first kappa shape index (κ1) is 11.3. The molecule has 0 atom stereocenters. The van der Waals surface area contributed by atoms with Crippen LogP contribution in [0.4, 0.5) is 0 Å². The van der Waals surface area contributed by atoms with Crippen LogP contribution in [0.3, 0.4) is 0 Å². The first-order chi connectivity index (χ1) is 3.41. The Labute approximate surface area is 57.9 Å². The van der Waals surface area contributed by atoms with Crippen LogP contribution in [-0.4, -0.2) is 13.8 Å². The molecule has 0 rings (SSSR count). The third-order valence-corrected chi connectivity index (χ3v) is 0. The molecule has 0 fully saturated rings. The first-order valence-electron chi connectivity index (χ1n) is 1.34. The number of hydrogen-bond donors (Lipinski definition) is 2. The number of alkyl halides is 2. The van der Waals surface area contributed by atoms with Gasteiger partial charge in [0.1, 0.15) is 0 Å². The highest BCUT2D eigenvalue weighted by atomic mass is 35.5. The highest BCUT2D eigenvalue weighted by Gasteiger charge is 1.78. The Morgan fingerprint density at radius 1 is 1.25 bits per heavy atom. The van der Waals surface area contributed by atoms with Gasteiger partial charge in [0, 0.05) is 0 Å². The first-order valence-corrected chi connectivity index (χ1v) is 4.02. The van der Waals surface area contributed by atoms with Crippen molar-refractivity contribution in [3.05, 3.63) is 0 Å². The van der Waals surface area contributed by atoms with Gasteiger partial charge in [-0.2, -0.15) is 8.42 Å². The van der Waals surface area contributed by atoms with E-state index in [1.807, 2.05) is 0 Å². The lowest BCUT2D eigenvalue weighted by Crippen LogP contribution is -2.21. The molecule has 0 aliphatic heterocycles. The molecule has 0 unspecified atom stereocenters. The van der Waals surface area contributed by atoms with Crippen LogP contribution >= 0.6 is 23.2 Å². The van der Waals surface area contributed by atoms with Crippen molar-refractivity contribution >= 4 is 33.4 Å². The molecule has 52 valence electrons. The summed E-state index contributed by atoms with van der Waals surface area (Å²) in [5, 5.41) is 8.40. The van der Waals surface area contributed by atoms with Crippen molar-refractivity contribution in [1.29, 1.82) is 0 Å². The van der Waals surface area contributed by atoms with Crippen molar-refractivity contribution in [2.45, 2.75) is 0 Å². The maximum absolute atomic E-state index is 9.19. The van der Waals surface area contributed by atoms with Crippen molar-refractivity contribution in [3.63, 3.8) is 0 Å². The molecule has 7 heteroatoms. The average molecular weight is 181 g/mol. The predicted octanol–water partition coefficient (Wildman–Crippen LogP) is -0.430. The summed E-state index contributed by atoms with van der Waals surface area (Å²) in [6.45, 7) is 0. The van der Waals surface area contributed by atoms with Gasteiger partial charge in [-0.25, -0.2) is 10.3 Å². The van der Waals surface area contributed by atoms with Gasteiger partial charge in [0.15, 0.2) is 0 Å². The lowest BCUT2D eigenvalue weighted by molar-refractivity contribution is 0.599. The molecule has 0 aromatic carbocycles. The third-order valence-electron chi connectivity index (χ3n) is 0. The van der Waals surface area contributed by atoms with E-state index in [1.54, 1.807) is 0 Å². The fraction of sp³-hybridized carbons (Fsp3) is 1.00. The van der Waals surface area contributed by atoms with Crippen molar-refractivity contribution in [3.8, 4) is 0 Å². The topological polar surface area (TPSA) is 86.2 Å². The van der Waals surface area contributed by atoms with E-state index in [9.17, 15) is 8.42 Å². The Balaban J connectivity index is 0. The number of nitrogens with two attached hydrogens (primary N) is 2. The summed E-state index contributed by atoms with van der Waals surface area (Å²) in [5.41, 5.74) is 0. The molecule has 8 heavy (non-hydrogen) atoms. The zero-order valence-electron chi connectivity index (χ0n) is 3.84. The van der Waals surface area contributed by atoms with Crippen molar-refractivity contribution in [1.82, 2.24) is 0 Å². The van der Waals surface area contributed by atoms with Crippen LogP contribution in [0.1, 0.15) is 0 Å². The van der Waals surface area contributed by atoms with Gasteiger partial charge in [-0.05, 0) is 0 Å². The van der Waals surface area contributed by atoms with E-state index in [2.05, 4.69) is 10.3 Å². The lowest BCUT2D eigenvalue weighted by Gasteiger charge is -1.72. The molecule has 0 radical (unpaired) electrons. The summed E-state index contributed by atoms with van der Waals surface area (Å²) < 4.78 is 18.4. The van der Waals surface area contributed by atoms with Crippen LogP contribution in [0.5, 0.6) is 0 Å². The molecule has 4 nitrogen and oxygen atoms in total. The van der Waals surface area contributed by atoms with Gasteiger partial charge in [-0.3, -0.25) is 0 Å². The smallest absolute Gasteiger partial charge is 0.216 e. The maximum Gasteiger partial charge on any atom is 0.271 e. The van der Waals surface area contributed by atoms with Crippen LogP contribution in [0, 0.1) is 0 Å². The van der Waals surface area contributed by atoms with Gasteiger partial charge in [0.2, 0.25) is 0 Å². The fourth-order valence-corrected chi connectivity index (χ4v) is 0. The number of rotatable bonds is 0. The van der Waals surface area contributed by atoms with E-state index in [0.717, 1.165) is 0 Å². The molecular weight excluding hydrogens is 175 g/mol. The average Bonchev–Trinajstić information content (AvgIpc) is 1.27. The summed E-state index contributed by atoms with van der Waals surface area (Å²) in [4.78, 5) is 0. The number of hydrogen-bond acceptors (Lipinski definition) is 2. The van der Waals surface area contributed by atoms with Gasteiger partial charge in [-0.1, -0.05) is 0 Å². The monoisotopic (exact) mass is 180 g/mol. The van der Waals surface area contributed by atoms with E-state index in [4.69, 9.17) is 23.2 Å². The highest BCUT2D eigenvalue weighted by molar-refractivity contribution is 7.86. The molecule has 0 amide bonds. The largest absolute Gasteiger partial charge is 0.271 e. The van der Waals surface area contributed by atoms with Crippen LogP contribution in [0.25, 0.3) is 0 Å². The van der Waals surface area contributed by atoms with Crippen molar-refractivity contribution in [2.24, 2.45) is 10.3 Å². The normalized spacial score (nSPS) is 9.50.